The van der Waals surface area contributed by atoms with Gasteiger partial charge in [0.1, 0.15) is 12.4 Å². The third-order valence-corrected chi connectivity index (χ3v) is 2.41. The number of carbonyl (C=O) groups is 1. The topological polar surface area (TPSA) is 66.6 Å². The molecule has 0 saturated carbocycles. The third kappa shape index (κ3) is 2.08. The van der Waals surface area contributed by atoms with Crippen LogP contribution in [0.1, 0.15) is 23.3 Å². The summed E-state index contributed by atoms with van der Waals surface area (Å²) < 4.78 is 17.8. The first-order valence-electron chi connectivity index (χ1n) is 4.74. The second-order valence-corrected chi connectivity index (χ2v) is 3.48. The van der Waals surface area contributed by atoms with E-state index >= 15 is 0 Å². The molecule has 6 heteroatoms. The maximum absolute atomic E-state index is 12.8. The van der Waals surface area contributed by atoms with E-state index in [9.17, 15) is 9.18 Å². The molecule has 15 heavy (non-hydrogen) atoms. The minimum Gasteiger partial charge on any atom is -0.476 e. The summed E-state index contributed by atoms with van der Waals surface area (Å²) in [5, 5.41) is 8.64. The number of aromatic nitrogens is 1. The second kappa shape index (κ2) is 3.88. The number of hydrogen-bond acceptors (Lipinski definition) is 4. The van der Waals surface area contributed by atoms with Crippen molar-refractivity contribution >= 4 is 12.0 Å². The summed E-state index contributed by atoms with van der Waals surface area (Å²) in [5.41, 5.74) is -0.118. The average molecular weight is 214 g/mol. The molecule has 1 aromatic heterocycles. The van der Waals surface area contributed by atoms with Crippen molar-refractivity contribution in [3.63, 3.8) is 0 Å². The van der Waals surface area contributed by atoms with Crippen LogP contribution in [0.3, 0.4) is 0 Å². The molecular formula is C9H11FN2O3. The van der Waals surface area contributed by atoms with Crippen molar-refractivity contribution in [1.29, 1.82) is 0 Å². The van der Waals surface area contributed by atoms with Crippen molar-refractivity contribution in [2.75, 3.05) is 18.0 Å². The molecule has 0 amide bonds. The molecular weight excluding hydrogens is 203 g/mol. The van der Waals surface area contributed by atoms with Crippen LogP contribution in [-0.2, 0) is 0 Å². The number of carboxylic acid groups (broad SMARTS) is 1. The van der Waals surface area contributed by atoms with E-state index in [1.54, 1.807) is 4.90 Å². The lowest BCUT2D eigenvalue weighted by Gasteiger charge is -2.26. The fraction of sp³-hybridized carbons (Fsp3) is 0.556. The molecule has 0 aromatic carbocycles. The lowest BCUT2D eigenvalue weighted by Crippen LogP contribution is -2.34. The number of carboxylic acids is 1. The third-order valence-electron chi connectivity index (χ3n) is 2.41. The monoisotopic (exact) mass is 214 g/mol. The Labute approximate surface area is 85.5 Å². The van der Waals surface area contributed by atoms with Crippen LogP contribution >= 0.6 is 0 Å². The Hall–Kier alpha value is -1.59. The Morgan fingerprint density at radius 2 is 2.27 bits per heavy atom. The number of alkyl halides is 1. The number of nitrogens with zero attached hydrogens (tertiary/aromatic N) is 2. The molecule has 1 fully saturated rings. The molecule has 2 heterocycles. The highest BCUT2D eigenvalue weighted by molar-refractivity contribution is 5.85. The Morgan fingerprint density at radius 1 is 1.60 bits per heavy atom. The standard InChI is InChI=1S/C9H11FN2O3/c10-6-1-3-12(4-2-6)9-11-7(5-15-9)8(13)14/h5-6H,1-4H2,(H,13,14). The predicted molar refractivity (Wildman–Crippen MR) is 49.8 cm³/mol. The zero-order valence-corrected chi connectivity index (χ0v) is 8.02. The van der Waals surface area contributed by atoms with Crippen molar-refractivity contribution in [3.8, 4) is 0 Å². The van der Waals surface area contributed by atoms with Crippen LogP contribution in [0.2, 0.25) is 0 Å². The SMILES string of the molecule is O=C(O)c1coc(N2CCC(F)CC2)n1. The molecule has 1 aromatic rings. The number of aromatic carboxylic acids is 1. The van der Waals surface area contributed by atoms with Gasteiger partial charge in [0.15, 0.2) is 5.69 Å². The Balaban J connectivity index is 2.06. The molecule has 5 nitrogen and oxygen atoms in total. The van der Waals surface area contributed by atoms with Gasteiger partial charge in [-0.05, 0) is 12.8 Å². The van der Waals surface area contributed by atoms with Gasteiger partial charge in [0, 0.05) is 13.1 Å². The van der Waals surface area contributed by atoms with Gasteiger partial charge in [-0.1, -0.05) is 0 Å². The van der Waals surface area contributed by atoms with E-state index in [0.29, 0.717) is 25.9 Å². The molecule has 0 atom stereocenters. The first-order chi connectivity index (χ1) is 7.16. The Bertz CT molecular complexity index is 358. The van der Waals surface area contributed by atoms with Gasteiger partial charge in [0.05, 0.1) is 0 Å². The number of halogens is 1. The van der Waals surface area contributed by atoms with Crippen molar-refractivity contribution < 1.29 is 18.7 Å². The van der Waals surface area contributed by atoms with Crippen LogP contribution in [0, 0.1) is 0 Å². The minimum absolute atomic E-state index is 0.118. The van der Waals surface area contributed by atoms with E-state index in [0.717, 1.165) is 6.26 Å². The van der Waals surface area contributed by atoms with Gasteiger partial charge in [-0.25, -0.2) is 9.18 Å². The summed E-state index contributed by atoms with van der Waals surface area (Å²) in [6.07, 6.45) is 1.20. The van der Waals surface area contributed by atoms with E-state index < -0.39 is 12.1 Å². The fourth-order valence-corrected chi connectivity index (χ4v) is 1.55. The molecule has 0 unspecified atom stereocenters. The number of oxazole rings is 1. The highest BCUT2D eigenvalue weighted by Crippen LogP contribution is 2.20. The smallest absolute Gasteiger partial charge is 0.357 e. The van der Waals surface area contributed by atoms with Gasteiger partial charge in [0.2, 0.25) is 0 Å². The summed E-state index contributed by atoms with van der Waals surface area (Å²) >= 11 is 0. The van der Waals surface area contributed by atoms with Crippen molar-refractivity contribution in [2.24, 2.45) is 0 Å². The number of rotatable bonds is 2. The molecule has 0 bridgehead atoms. The first-order valence-corrected chi connectivity index (χ1v) is 4.74. The highest BCUT2D eigenvalue weighted by Gasteiger charge is 2.22. The van der Waals surface area contributed by atoms with Crippen LogP contribution < -0.4 is 4.90 Å². The lowest BCUT2D eigenvalue weighted by molar-refractivity contribution is 0.0690. The quantitative estimate of drug-likeness (QED) is 0.803. The molecule has 82 valence electrons. The van der Waals surface area contributed by atoms with Gasteiger partial charge in [-0.15, -0.1) is 0 Å². The maximum Gasteiger partial charge on any atom is 0.357 e. The summed E-state index contributed by atoms with van der Waals surface area (Å²) in [5.74, 6) is -1.12. The van der Waals surface area contributed by atoms with Crippen LogP contribution in [0.5, 0.6) is 0 Å². The first kappa shape index (κ1) is 9.95. The molecule has 0 radical (unpaired) electrons. The minimum atomic E-state index is -1.12. The summed E-state index contributed by atoms with van der Waals surface area (Å²) in [6, 6.07) is 0.263. The fourth-order valence-electron chi connectivity index (χ4n) is 1.55. The van der Waals surface area contributed by atoms with E-state index in [-0.39, 0.29) is 11.7 Å². The van der Waals surface area contributed by atoms with E-state index in [4.69, 9.17) is 9.52 Å². The van der Waals surface area contributed by atoms with Gasteiger partial charge in [-0.3, -0.25) is 0 Å². The summed E-state index contributed by atoms with van der Waals surface area (Å²) in [4.78, 5) is 16.1. The second-order valence-electron chi connectivity index (χ2n) is 3.48. The highest BCUT2D eigenvalue weighted by atomic mass is 19.1. The molecule has 1 saturated heterocycles. The van der Waals surface area contributed by atoms with Crippen LogP contribution in [0.4, 0.5) is 10.4 Å². The van der Waals surface area contributed by atoms with E-state index in [2.05, 4.69) is 4.98 Å². The van der Waals surface area contributed by atoms with E-state index in [1.807, 2.05) is 0 Å². The van der Waals surface area contributed by atoms with E-state index in [1.165, 1.54) is 0 Å². The normalized spacial score (nSPS) is 18.1. The predicted octanol–water partition coefficient (Wildman–Crippen LogP) is 1.31. The number of anilines is 1. The molecule has 0 spiro atoms. The van der Waals surface area contributed by atoms with Crippen LogP contribution in [-0.4, -0.2) is 35.3 Å². The van der Waals surface area contributed by atoms with Crippen LogP contribution in [0.15, 0.2) is 10.7 Å². The lowest BCUT2D eigenvalue weighted by atomic mass is 10.1. The summed E-state index contributed by atoms with van der Waals surface area (Å²) in [7, 11) is 0. The molecule has 1 aliphatic rings. The van der Waals surface area contributed by atoms with Gasteiger partial charge < -0.3 is 14.4 Å². The van der Waals surface area contributed by atoms with Crippen molar-refractivity contribution in [1.82, 2.24) is 4.98 Å². The van der Waals surface area contributed by atoms with Crippen molar-refractivity contribution in [2.45, 2.75) is 19.0 Å². The van der Waals surface area contributed by atoms with Gasteiger partial charge >= 0.3 is 5.97 Å². The molecule has 1 N–H and O–H groups in total. The maximum atomic E-state index is 12.8. The zero-order valence-electron chi connectivity index (χ0n) is 8.02. The Morgan fingerprint density at radius 3 is 2.80 bits per heavy atom. The molecule has 2 rings (SSSR count). The zero-order chi connectivity index (χ0) is 10.8. The largest absolute Gasteiger partial charge is 0.476 e. The number of hydrogen-bond donors (Lipinski definition) is 1. The molecule has 0 aliphatic carbocycles. The molecule has 1 aliphatic heterocycles. The van der Waals surface area contributed by atoms with Gasteiger partial charge in [0.25, 0.3) is 6.01 Å². The van der Waals surface area contributed by atoms with Gasteiger partial charge in [-0.2, -0.15) is 4.98 Å². The van der Waals surface area contributed by atoms with Crippen LogP contribution in [0.25, 0.3) is 0 Å². The average Bonchev–Trinajstić information content (AvgIpc) is 2.68. The number of piperidine rings is 1. The van der Waals surface area contributed by atoms with Crippen molar-refractivity contribution in [3.05, 3.63) is 12.0 Å². The summed E-state index contributed by atoms with van der Waals surface area (Å²) in [6.45, 7) is 1.03. The Kier molecular flexibility index (Phi) is 2.57.